The molecule has 0 saturated heterocycles. The maximum atomic E-state index is 5.86. The fraction of sp³-hybridized carbons (Fsp3) is 0.308. The number of aryl methyl sites for hydroxylation is 1. The van der Waals surface area contributed by atoms with E-state index in [0.29, 0.717) is 6.54 Å². The van der Waals surface area contributed by atoms with E-state index in [2.05, 4.69) is 11.9 Å². The summed E-state index contributed by atoms with van der Waals surface area (Å²) in [5.74, 6) is 0.888. The minimum Gasteiger partial charge on any atom is -0.326 e. The summed E-state index contributed by atoms with van der Waals surface area (Å²) in [5, 5.41) is 1.92. The molecular weight excluding hydrogens is 284 g/mol. The van der Waals surface area contributed by atoms with E-state index in [0.717, 1.165) is 27.9 Å². The van der Waals surface area contributed by atoms with Crippen LogP contribution in [0.25, 0.3) is 0 Å². The number of benzene rings is 1. The topological polar surface area (TPSA) is 38.9 Å². The molecule has 0 aliphatic carbocycles. The third-order valence-corrected chi connectivity index (χ3v) is 5.10. The van der Waals surface area contributed by atoms with E-state index in [1.54, 1.807) is 23.1 Å². The number of hydrogen-bond donors (Lipinski definition) is 1. The smallest absolute Gasteiger partial charge is 0.103 e. The lowest BCUT2D eigenvalue weighted by Gasteiger charge is -1.98. The number of nitrogens with two attached hydrogens (primary N) is 1. The van der Waals surface area contributed by atoms with Gasteiger partial charge in [-0.05, 0) is 30.7 Å². The Balaban J connectivity index is 2.01. The monoisotopic (exact) mass is 298 g/mol. The lowest BCUT2D eigenvalue weighted by Crippen LogP contribution is -1.96. The third kappa shape index (κ3) is 3.48. The normalized spacial score (nSPS) is 10.8. The Kier molecular flexibility index (Phi) is 5.06. The Hall–Kier alpha value is -0.550. The van der Waals surface area contributed by atoms with Crippen molar-refractivity contribution in [3.63, 3.8) is 0 Å². The van der Waals surface area contributed by atoms with Crippen molar-refractivity contribution < 1.29 is 0 Å². The SMILES string of the molecule is CCc1nc(CSc2ccc(Cl)cc2)sc1CN. The van der Waals surface area contributed by atoms with Gasteiger partial charge in [-0.15, -0.1) is 23.1 Å². The lowest BCUT2D eigenvalue weighted by atomic mass is 10.3. The maximum absolute atomic E-state index is 5.86. The molecule has 0 bridgehead atoms. The summed E-state index contributed by atoms with van der Waals surface area (Å²) in [6.45, 7) is 2.71. The molecule has 1 aromatic carbocycles. The van der Waals surface area contributed by atoms with Crippen LogP contribution in [0.2, 0.25) is 5.02 Å². The van der Waals surface area contributed by atoms with E-state index >= 15 is 0 Å². The summed E-state index contributed by atoms with van der Waals surface area (Å²) in [5.41, 5.74) is 6.86. The van der Waals surface area contributed by atoms with Gasteiger partial charge in [-0.1, -0.05) is 18.5 Å². The zero-order valence-corrected chi connectivity index (χ0v) is 12.5. The largest absolute Gasteiger partial charge is 0.326 e. The van der Waals surface area contributed by atoms with Gasteiger partial charge in [0.05, 0.1) is 11.4 Å². The summed E-state index contributed by atoms with van der Waals surface area (Å²) in [6.07, 6.45) is 0.953. The highest BCUT2D eigenvalue weighted by molar-refractivity contribution is 7.98. The molecule has 0 saturated carbocycles. The van der Waals surface area contributed by atoms with Crippen LogP contribution in [0.3, 0.4) is 0 Å². The van der Waals surface area contributed by atoms with Gasteiger partial charge < -0.3 is 5.73 Å². The van der Waals surface area contributed by atoms with Crippen molar-refractivity contribution in [2.24, 2.45) is 5.73 Å². The number of halogens is 1. The standard InChI is InChI=1S/C13H15ClN2S2/c1-2-11-12(7-15)18-13(16-11)8-17-10-5-3-9(14)4-6-10/h3-6H,2,7-8,15H2,1H3. The van der Waals surface area contributed by atoms with Gasteiger partial charge in [-0.2, -0.15) is 0 Å². The van der Waals surface area contributed by atoms with Crippen LogP contribution in [-0.4, -0.2) is 4.98 Å². The van der Waals surface area contributed by atoms with Gasteiger partial charge in [0.25, 0.3) is 0 Å². The van der Waals surface area contributed by atoms with Gasteiger partial charge in [0.15, 0.2) is 0 Å². The second kappa shape index (κ2) is 6.57. The van der Waals surface area contributed by atoms with Crippen LogP contribution in [-0.2, 0) is 18.7 Å². The van der Waals surface area contributed by atoms with Gasteiger partial charge in [0.1, 0.15) is 5.01 Å². The van der Waals surface area contributed by atoms with E-state index in [1.807, 2.05) is 24.3 Å². The van der Waals surface area contributed by atoms with Crippen molar-refractivity contribution in [1.29, 1.82) is 0 Å². The number of thiazole rings is 1. The minimum atomic E-state index is 0.590. The lowest BCUT2D eigenvalue weighted by molar-refractivity contribution is 0.978. The fourth-order valence-electron chi connectivity index (χ4n) is 1.61. The zero-order valence-electron chi connectivity index (χ0n) is 10.1. The van der Waals surface area contributed by atoms with E-state index < -0.39 is 0 Å². The average molecular weight is 299 g/mol. The van der Waals surface area contributed by atoms with Gasteiger partial charge in [0, 0.05) is 21.3 Å². The fourth-order valence-corrected chi connectivity index (χ4v) is 3.66. The molecule has 2 N–H and O–H groups in total. The summed E-state index contributed by atoms with van der Waals surface area (Å²) in [4.78, 5) is 7.05. The molecule has 0 spiro atoms. The molecule has 96 valence electrons. The van der Waals surface area contributed by atoms with E-state index in [9.17, 15) is 0 Å². The molecule has 0 unspecified atom stereocenters. The predicted molar refractivity (Wildman–Crippen MR) is 80.4 cm³/mol. The Morgan fingerprint density at radius 1 is 1.33 bits per heavy atom. The quantitative estimate of drug-likeness (QED) is 0.844. The minimum absolute atomic E-state index is 0.590. The highest BCUT2D eigenvalue weighted by Crippen LogP contribution is 2.27. The third-order valence-electron chi connectivity index (χ3n) is 2.52. The van der Waals surface area contributed by atoms with Crippen molar-refractivity contribution >= 4 is 34.7 Å². The van der Waals surface area contributed by atoms with Crippen molar-refractivity contribution in [2.75, 3.05) is 0 Å². The molecule has 0 aliphatic rings. The summed E-state index contributed by atoms with van der Waals surface area (Å²) >= 11 is 9.35. The van der Waals surface area contributed by atoms with Gasteiger partial charge >= 0.3 is 0 Å². The van der Waals surface area contributed by atoms with Crippen molar-refractivity contribution in [1.82, 2.24) is 4.98 Å². The Morgan fingerprint density at radius 2 is 2.06 bits per heavy atom. The number of thioether (sulfide) groups is 1. The molecule has 2 nitrogen and oxygen atoms in total. The number of hydrogen-bond acceptors (Lipinski definition) is 4. The summed E-state index contributed by atoms with van der Waals surface area (Å²) in [6, 6.07) is 7.89. The van der Waals surface area contributed by atoms with Gasteiger partial charge in [-0.3, -0.25) is 0 Å². The van der Waals surface area contributed by atoms with Crippen LogP contribution in [0.15, 0.2) is 29.2 Å². The molecule has 2 rings (SSSR count). The molecule has 0 atom stereocenters. The molecule has 0 aliphatic heterocycles. The van der Waals surface area contributed by atoms with Crippen LogP contribution in [0.5, 0.6) is 0 Å². The number of rotatable bonds is 5. The molecule has 0 amide bonds. The van der Waals surface area contributed by atoms with Crippen LogP contribution in [0, 0.1) is 0 Å². The highest BCUT2D eigenvalue weighted by atomic mass is 35.5. The van der Waals surface area contributed by atoms with Crippen LogP contribution >= 0.6 is 34.7 Å². The van der Waals surface area contributed by atoms with E-state index in [4.69, 9.17) is 17.3 Å². The van der Waals surface area contributed by atoms with Crippen LogP contribution < -0.4 is 5.73 Å². The molecule has 5 heteroatoms. The first kappa shape index (κ1) is 13.9. The molecule has 1 aromatic heterocycles. The second-order valence-electron chi connectivity index (χ2n) is 3.78. The summed E-state index contributed by atoms with van der Waals surface area (Å²) < 4.78 is 0. The molecule has 18 heavy (non-hydrogen) atoms. The van der Waals surface area contributed by atoms with E-state index in [1.165, 1.54) is 9.77 Å². The Morgan fingerprint density at radius 3 is 2.61 bits per heavy atom. The highest BCUT2D eigenvalue weighted by Gasteiger charge is 2.08. The molecule has 1 heterocycles. The zero-order chi connectivity index (χ0) is 13.0. The van der Waals surface area contributed by atoms with Crippen LogP contribution in [0.4, 0.5) is 0 Å². The number of aromatic nitrogens is 1. The maximum Gasteiger partial charge on any atom is 0.103 e. The summed E-state index contributed by atoms with van der Waals surface area (Å²) in [7, 11) is 0. The Labute approximate surface area is 121 Å². The number of nitrogens with zero attached hydrogens (tertiary/aromatic N) is 1. The van der Waals surface area contributed by atoms with Crippen LogP contribution in [0.1, 0.15) is 22.5 Å². The van der Waals surface area contributed by atoms with E-state index in [-0.39, 0.29) is 0 Å². The first-order valence-electron chi connectivity index (χ1n) is 5.78. The first-order chi connectivity index (χ1) is 8.72. The van der Waals surface area contributed by atoms with Crippen molar-refractivity contribution in [3.8, 4) is 0 Å². The predicted octanol–water partition coefficient (Wildman–Crippen LogP) is 4.11. The van der Waals surface area contributed by atoms with Gasteiger partial charge in [0.2, 0.25) is 0 Å². The van der Waals surface area contributed by atoms with Gasteiger partial charge in [-0.25, -0.2) is 4.98 Å². The Bertz CT molecular complexity index is 487. The second-order valence-corrected chi connectivity index (χ2v) is 6.43. The van der Waals surface area contributed by atoms with Crippen molar-refractivity contribution in [2.45, 2.75) is 30.5 Å². The van der Waals surface area contributed by atoms with Crippen molar-refractivity contribution in [3.05, 3.63) is 44.9 Å². The molecular formula is C13H15ClN2S2. The molecule has 2 aromatic rings. The molecule has 0 radical (unpaired) electrons. The molecule has 0 fully saturated rings. The first-order valence-corrected chi connectivity index (χ1v) is 7.96. The average Bonchev–Trinajstić information content (AvgIpc) is 2.80.